The van der Waals surface area contributed by atoms with Gasteiger partial charge in [0.25, 0.3) is 0 Å². The fraction of sp³-hybridized carbons (Fsp3) is 0.351. The van der Waals surface area contributed by atoms with Gasteiger partial charge in [-0.25, -0.2) is 14.8 Å². The number of nitrogens with zero attached hydrogens (tertiary/aromatic N) is 17. The smallest absolute Gasteiger partial charge is 0.324 e. The summed E-state index contributed by atoms with van der Waals surface area (Å²) in [6, 6.07) is 42.3. The second-order valence-corrected chi connectivity index (χ2v) is 34.9. The van der Waals surface area contributed by atoms with E-state index in [4.69, 9.17) is 88.3 Å². The Morgan fingerprint density at radius 2 is 0.715 bits per heavy atom. The van der Waals surface area contributed by atoms with Crippen molar-refractivity contribution >= 4 is 51.7 Å². The third-order valence-electron chi connectivity index (χ3n) is 27.5. The normalized spacial score (nSPS) is 21.5. The van der Waals surface area contributed by atoms with E-state index in [0.717, 1.165) is 195 Å². The van der Waals surface area contributed by atoms with Crippen molar-refractivity contribution in [2.75, 3.05) is 121 Å². The molecule has 5 aromatic carbocycles. The van der Waals surface area contributed by atoms with Gasteiger partial charge in [0.05, 0.1) is 54.1 Å². The molecule has 24 rings (SSSR count). The van der Waals surface area contributed by atoms with Crippen LogP contribution in [0.1, 0.15) is 102 Å². The van der Waals surface area contributed by atoms with Crippen LogP contribution in [0.4, 0.5) is 51.7 Å². The summed E-state index contributed by atoms with van der Waals surface area (Å²) in [7, 11) is 7.82. The molecule has 4 aliphatic heterocycles. The third kappa shape index (κ3) is 14.1. The Balaban J connectivity index is 0.000000101. The van der Waals surface area contributed by atoms with Crippen LogP contribution < -0.4 is 82.7 Å². The third-order valence-corrected chi connectivity index (χ3v) is 27.5. The number of nitrogens with one attached hydrogen (secondary N) is 4. The van der Waals surface area contributed by atoms with Gasteiger partial charge in [-0.1, -0.05) is 60.7 Å². The quantitative estimate of drug-likeness (QED) is 0.0417. The lowest BCUT2D eigenvalue weighted by Crippen LogP contribution is -2.30. The SMILES string of the molecule is CNc1cccc2c1Cc1nc(Oc3cccnc3)nc(N3CC(N)C4(CC4)C3)c1-2.CNc1cccc2c1Cc1nc(Oc3cccnc3)nc(N3CCC4(CC4N)C3)c1-2.CNc1cccc2c1Cc1nc(Oc3cnc(C)nc3)nc(N3CCC4(CC4N)C3)c1-2.[C-]#[N+]c1cccc(Oc2nc3c(c(N4CC(N)C5(CC5)C4)n2)-c2cccc(NC)c2C3)c1. The lowest BCUT2D eigenvalue weighted by atomic mass is 10.0. The van der Waals surface area contributed by atoms with Crippen LogP contribution >= 0.6 is 0 Å². The fourth-order valence-electron chi connectivity index (χ4n) is 20.1. The monoisotopic (exact) mass is 1640 g/mol. The molecule has 11 heterocycles. The molecule has 0 amide bonds. The summed E-state index contributed by atoms with van der Waals surface area (Å²) in [6.07, 6.45) is 22.3. The van der Waals surface area contributed by atoms with Crippen molar-refractivity contribution in [2.24, 2.45) is 44.6 Å². The second kappa shape index (κ2) is 30.4. The van der Waals surface area contributed by atoms with Crippen LogP contribution in [-0.4, -0.2) is 165 Å². The molecule has 12 aromatic rings. The lowest BCUT2D eigenvalue weighted by Gasteiger charge is -2.21. The maximum atomic E-state index is 7.26. The van der Waals surface area contributed by atoms with Crippen molar-refractivity contribution in [3.8, 4) is 91.5 Å². The maximum Gasteiger partial charge on any atom is 0.324 e. The van der Waals surface area contributed by atoms with E-state index in [-0.39, 0.29) is 33.7 Å². The summed E-state index contributed by atoms with van der Waals surface area (Å²) in [5, 5.41) is 13.3. The van der Waals surface area contributed by atoms with Crippen LogP contribution in [0.5, 0.6) is 47.0 Å². The molecule has 4 saturated carbocycles. The van der Waals surface area contributed by atoms with E-state index in [1.165, 1.54) is 70.2 Å². The molecule has 12 N–H and O–H groups in total. The Hall–Kier alpha value is -13.3. The van der Waals surface area contributed by atoms with E-state index < -0.39 is 0 Å². The molecular weight excluding hydrogens is 1540 g/mol. The molecule has 0 bridgehead atoms. The number of aryl methyl sites for hydroxylation is 1. The summed E-state index contributed by atoms with van der Waals surface area (Å²) in [5.74, 6) is 6.79. The van der Waals surface area contributed by atoms with Gasteiger partial charge in [-0.3, -0.25) is 9.97 Å². The molecule has 4 spiro atoms. The Kier molecular flexibility index (Phi) is 19.1. The number of fused-ring (bicyclic) bond motifs is 12. The number of rotatable bonds is 16. The topological polar surface area (TPSA) is 361 Å². The van der Waals surface area contributed by atoms with Gasteiger partial charge in [0, 0.05) is 209 Å². The number of anilines is 8. The summed E-state index contributed by atoms with van der Waals surface area (Å²) >= 11 is 0. The first-order valence-corrected chi connectivity index (χ1v) is 42.6. The van der Waals surface area contributed by atoms with E-state index in [1.54, 1.807) is 49.3 Å². The van der Waals surface area contributed by atoms with Crippen molar-refractivity contribution in [2.45, 2.75) is 108 Å². The average Bonchev–Trinajstić information content (AvgIpc) is 1.57. The summed E-state index contributed by atoms with van der Waals surface area (Å²) in [4.78, 5) is 68.4. The Labute approximate surface area is 713 Å². The minimum atomic E-state index is 0.164. The van der Waals surface area contributed by atoms with Gasteiger partial charge in [0.15, 0.2) is 11.4 Å². The van der Waals surface area contributed by atoms with Crippen molar-refractivity contribution in [1.82, 2.24) is 59.8 Å². The predicted molar refractivity (Wildman–Crippen MR) is 475 cm³/mol. The first-order chi connectivity index (χ1) is 60.0. The van der Waals surface area contributed by atoms with E-state index in [1.807, 2.05) is 71.5 Å². The van der Waals surface area contributed by atoms with E-state index >= 15 is 0 Å². The van der Waals surface area contributed by atoms with Crippen molar-refractivity contribution in [3.05, 3.63) is 221 Å². The van der Waals surface area contributed by atoms with Gasteiger partial charge >= 0.3 is 24.0 Å². The second-order valence-electron chi connectivity index (χ2n) is 34.9. The van der Waals surface area contributed by atoms with E-state index in [2.05, 4.69) is 138 Å². The van der Waals surface area contributed by atoms with Gasteiger partial charge in [-0.2, -0.15) is 39.9 Å². The van der Waals surface area contributed by atoms with Crippen LogP contribution in [0, 0.1) is 35.2 Å². The number of nitrogens with two attached hydrogens (primary N) is 4. The highest BCUT2D eigenvalue weighted by atomic mass is 16.5. The molecule has 123 heavy (non-hydrogen) atoms. The van der Waals surface area contributed by atoms with E-state index in [9.17, 15) is 0 Å². The molecule has 622 valence electrons. The molecule has 7 aromatic heterocycles. The largest absolute Gasteiger partial charge is 0.426 e. The van der Waals surface area contributed by atoms with Crippen LogP contribution in [0.15, 0.2) is 159 Å². The Bertz CT molecular complexity index is 6210. The molecule has 29 nitrogen and oxygen atoms in total. The zero-order valence-corrected chi connectivity index (χ0v) is 69.5. The highest BCUT2D eigenvalue weighted by Gasteiger charge is 2.59. The number of hydrogen-bond donors (Lipinski definition) is 8. The summed E-state index contributed by atoms with van der Waals surface area (Å²) < 4.78 is 24.0. The summed E-state index contributed by atoms with van der Waals surface area (Å²) in [5.41, 5.74) is 49.8. The highest BCUT2D eigenvalue weighted by Crippen LogP contribution is 2.59. The molecule has 6 unspecified atom stereocenters. The first kappa shape index (κ1) is 77.1. The molecule has 4 saturated heterocycles. The standard InChI is InChI=1S/C25H24N6O.C23H25N7O.2C23H24N6O/c1-27-15-5-3-6-16(11-15)32-24-29-20-12-18-17(7-4-8-19(18)28-2)22(20)23(30-24)31-13-21(26)25(14-31)9-10-25;1-13-26-10-14(11-27-13)31-22-28-18-8-16-15(4-3-5-17(16)25-2)20(18)21(29-22)30-7-6-23(12-30)9-19(23)24;1-25-17-6-2-5-15-16(17)10-18-20(15)21(29-12-19(24)23(13-29)7-8-23)28-22(27-18)30-14-4-3-9-26-11-14;1-25-17-6-2-5-15-16(17)10-18-20(15)21(29-9-7-23(13-29)11-19(23)24)28-22(27-18)30-14-4-3-8-26-12-14/h3-8,11,21,28H,9-10,12-14,26H2,2H3;3-5,10-11,19,25H,6-9,12,24H2,1-2H3;2-6,9,11,19,25H,7-8,10,12-13,24H2,1H3;2-6,8,12,19,25H,7,9-11,13,24H2,1H3. The first-order valence-electron chi connectivity index (χ1n) is 42.6. The minimum Gasteiger partial charge on any atom is -0.426 e. The maximum absolute atomic E-state index is 7.26. The Morgan fingerprint density at radius 3 is 1.03 bits per heavy atom. The lowest BCUT2D eigenvalue weighted by molar-refractivity contribution is 0.435. The number of benzene rings is 5. The van der Waals surface area contributed by atoms with Gasteiger partial charge in [0.2, 0.25) is 0 Å². The van der Waals surface area contributed by atoms with E-state index in [0.29, 0.717) is 70.6 Å². The summed E-state index contributed by atoms with van der Waals surface area (Å²) in [6.45, 7) is 16.4. The number of hydrogen-bond acceptors (Lipinski definition) is 28. The number of pyridine rings is 2. The van der Waals surface area contributed by atoms with Crippen LogP contribution in [0.3, 0.4) is 0 Å². The Morgan fingerprint density at radius 1 is 0.382 bits per heavy atom. The van der Waals surface area contributed by atoms with Crippen molar-refractivity contribution in [3.63, 3.8) is 0 Å². The van der Waals surface area contributed by atoms with Crippen LogP contribution in [0.25, 0.3) is 49.4 Å². The average molecular weight is 1640 g/mol. The molecule has 29 heteroatoms. The van der Waals surface area contributed by atoms with Crippen LogP contribution in [-0.2, 0) is 25.7 Å². The molecule has 6 atom stereocenters. The molecular formula is C94H97N25O4. The van der Waals surface area contributed by atoms with Gasteiger partial charge in [-0.15, -0.1) is 0 Å². The predicted octanol–water partition coefficient (Wildman–Crippen LogP) is 13.7. The molecule has 8 aliphatic carbocycles. The number of aromatic nitrogens is 12. The molecule has 12 aliphatic rings. The van der Waals surface area contributed by atoms with Gasteiger partial charge in [0.1, 0.15) is 46.3 Å². The minimum absolute atomic E-state index is 0.164. The zero-order chi connectivity index (χ0) is 83.6. The molecule has 0 radical (unpaired) electrons. The van der Waals surface area contributed by atoms with Crippen molar-refractivity contribution < 1.29 is 18.9 Å². The van der Waals surface area contributed by atoms with Gasteiger partial charge in [-0.05, 0) is 163 Å². The number of ether oxygens (including phenoxy) is 4. The van der Waals surface area contributed by atoms with Gasteiger partial charge < -0.3 is 82.7 Å². The fourth-order valence-corrected chi connectivity index (χ4v) is 20.1. The zero-order valence-electron chi connectivity index (χ0n) is 69.5. The molecule has 8 fully saturated rings. The van der Waals surface area contributed by atoms with Crippen molar-refractivity contribution in [1.29, 1.82) is 0 Å². The van der Waals surface area contributed by atoms with Crippen LogP contribution in [0.2, 0.25) is 0 Å². The highest BCUT2D eigenvalue weighted by molar-refractivity contribution is 5.92.